The van der Waals surface area contributed by atoms with Crippen molar-refractivity contribution in [2.24, 2.45) is 0 Å². The molecule has 0 amide bonds. The summed E-state index contributed by atoms with van der Waals surface area (Å²) < 4.78 is 0. The van der Waals surface area contributed by atoms with Gasteiger partial charge >= 0.3 is 0 Å². The molecule has 1 aliphatic rings. The Labute approximate surface area is 126 Å². The molecule has 3 aromatic rings. The van der Waals surface area contributed by atoms with Gasteiger partial charge in [0, 0.05) is 0 Å². The van der Waals surface area contributed by atoms with Gasteiger partial charge in [-0.15, -0.1) is 0 Å². The summed E-state index contributed by atoms with van der Waals surface area (Å²) in [5, 5.41) is 2.88. The highest BCUT2D eigenvalue weighted by molar-refractivity contribution is 6.03. The van der Waals surface area contributed by atoms with Crippen LogP contribution in [0.4, 0.5) is 0 Å². The Bertz CT molecular complexity index is 840. The molecule has 0 radical (unpaired) electrons. The normalized spacial score (nSPS) is 12.5. The fraction of sp³-hybridized carbons (Fsp3) is 0.238. The minimum atomic E-state index is 1.07. The van der Waals surface area contributed by atoms with E-state index < -0.39 is 0 Å². The summed E-state index contributed by atoms with van der Waals surface area (Å²) in [5.41, 5.74) is 8.66. The van der Waals surface area contributed by atoms with Crippen LogP contribution in [0, 0.1) is 6.92 Å². The van der Waals surface area contributed by atoms with Crippen molar-refractivity contribution >= 4 is 10.8 Å². The standard InChI is InChI=1S/C21H20/c1-3-5-15-9-11-19-17(12-15)13-16-10-8-14(2)18-6-4-7-20(19)21(16)18/h4,6-12H,3,5,13H2,1-2H3. The SMILES string of the molecule is CCCc1ccc2c(c1)Cc1ccc(C)c3cccc-2c13. The fourth-order valence-corrected chi connectivity index (χ4v) is 3.70. The first-order valence-corrected chi connectivity index (χ1v) is 7.91. The molecule has 0 bridgehead atoms. The third kappa shape index (κ3) is 1.90. The van der Waals surface area contributed by atoms with E-state index in [-0.39, 0.29) is 0 Å². The van der Waals surface area contributed by atoms with Gasteiger partial charge in [0.1, 0.15) is 0 Å². The molecule has 0 N–H and O–H groups in total. The monoisotopic (exact) mass is 272 g/mol. The van der Waals surface area contributed by atoms with Gasteiger partial charge in [0.2, 0.25) is 0 Å². The summed E-state index contributed by atoms with van der Waals surface area (Å²) in [6.07, 6.45) is 3.46. The van der Waals surface area contributed by atoms with Crippen LogP contribution in [-0.4, -0.2) is 0 Å². The lowest BCUT2D eigenvalue weighted by Crippen LogP contribution is -2.02. The molecule has 0 saturated heterocycles. The van der Waals surface area contributed by atoms with Crippen molar-refractivity contribution in [2.75, 3.05) is 0 Å². The number of rotatable bonds is 2. The molecule has 21 heavy (non-hydrogen) atoms. The summed E-state index contributed by atoms with van der Waals surface area (Å²) in [5.74, 6) is 0. The molecule has 0 unspecified atom stereocenters. The van der Waals surface area contributed by atoms with Crippen molar-refractivity contribution in [2.45, 2.75) is 33.1 Å². The zero-order valence-electron chi connectivity index (χ0n) is 12.7. The summed E-state index contributed by atoms with van der Waals surface area (Å²) in [7, 11) is 0. The Kier molecular flexibility index (Phi) is 2.85. The quantitative estimate of drug-likeness (QED) is 0.441. The first kappa shape index (κ1) is 12.6. The molecule has 0 nitrogen and oxygen atoms in total. The van der Waals surface area contributed by atoms with Gasteiger partial charge in [-0.1, -0.05) is 61.9 Å². The lowest BCUT2D eigenvalue weighted by molar-refractivity contribution is 0.918. The molecular weight excluding hydrogens is 252 g/mol. The molecule has 3 aromatic carbocycles. The second-order valence-corrected chi connectivity index (χ2v) is 6.19. The highest BCUT2D eigenvalue weighted by Crippen LogP contribution is 2.40. The van der Waals surface area contributed by atoms with Crippen molar-refractivity contribution in [3.05, 3.63) is 70.8 Å². The second-order valence-electron chi connectivity index (χ2n) is 6.19. The summed E-state index contributed by atoms with van der Waals surface area (Å²) >= 11 is 0. The molecule has 0 heteroatoms. The first-order valence-electron chi connectivity index (χ1n) is 7.91. The van der Waals surface area contributed by atoms with Crippen LogP contribution in [0.25, 0.3) is 21.9 Å². The lowest BCUT2D eigenvalue weighted by Gasteiger charge is -2.22. The van der Waals surface area contributed by atoms with Gasteiger partial charge in [0.25, 0.3) is 0 Å². The predicted octanol–water partition coefficient (Wildman–Crippen LogP) is 5.67. The highest BCUT2D eigenvalue weighted by atomic mass is 14.2. The maximum absolute atomic E-state index is 2.42. The molecule has 0 aliphatic heterocycles. The zero-order valence-corrected chi connectivity index (χ0v) is 12.7. The number of hydrogen-bond donors (Lipinski definition) is 0. The van der Waals surface area contributed by atoms with Crippen molar-refractivity contribution in [1.29, 1.82) is 0 Å². The smallest absolute Gasteiger partial charge is 0.00131 e. The van der Waals surface area contributed by atoms with Gasteiger partial charge in [-0.3, -0.25) is 0 Å². The molecule has 0 saturated carbocycles. The molecular formula is C21H20. The van der Waals surface area contributed by atoms with Gasteiger partial charge < -0.3 is 0 Å². The van der Waals surface area contributed by atoms with E-state index in [1.54, 1.807) is 0 Å². The molecule has 1 aliphatic carbocycles. The summed E-state index contributed by atoms with van der Waals surface area (Å²) in [6, 6.07) is 18.4. The minimum Gasteiger partial charge on any atom is -0.0651 e. The minimum absolute atomic E-state index is 1.07. The lowest BCUT2D eigenvalue weighted by atomic mass is 9.82. The van der Waals surface area contributed by atoms with Gasteiger partial charge in [-0.25, -0.2) is 0 Å². The van der Waals surface area contributed by atoms with Crippen molar-refractivity contribution in [3.8, 4) is 11.1 Å². The van der Waals surface area contributed by atoms with E-state index in [1.807, 2.05) is 0 Å². The van der Waals surface area contributed by atoms with Gasteiger partial charge in [0.15, 0.2) is 0 Å². The fourth-order valence-electron chi connectivity index (χ4n) is 3.70. The van der Waals surface area contributed by atoms with Gasteiger partial charge in [0.05, 0.1) is 0 Å². The Morgan fingerprint density at radius 2 is 1.81 bits per heavy atom. The average molecular weight is 272 g/mol. The Morgan fingerprint density at radius 3 is 2.67 bits per heavy atom. The number of aryl methyl sites for hydroxylation is 2. The molecule has 4 rings (SSSR count). The van der Waals surface area contributed by atoms with Crippen LogP contribution < -0.4 is 0 Å². The van der Waals surface area contributed by atoms with Crippen molar-refractivity contribution in [3.63, 3.8) is 0 Å². The van der Waals surface area contributed by atoms with E-state index in [4.69, 9.17) is 0 Å². The van der Waals surface area contributed by atoms with E-state index >= 15 is 0 Å². The maximum Gasteiger partial charge on any atom is -0.00131 e. The summed E-state index contributed by atoms with van der Waals surface area (Å²) in [4.78, 5) is 0. The van der Waals surface area contributed by atoms with Crippen LogP contribution in [0.5, 0.6) is 0 Å². The third-order valence-electron chi connectivity index (χ3n) is 4.72. The summed E-state index contributed by atoms with van der Waals surface area (Å²) in [6.45, 7) is 4.46. The Balaban J connectivity index is 2.01. The van der Waals surface area contributed by atoms with Crippen LogP contribution in [0.3, 0.4) is 0 Å². The van der Waals surface area contributed by atoms with Crippen LogP contribution in [-0.2, 0) is 12.8 Å². The number of hydrogen-bond acceptors (Lipinski definition) is 0. The van der Waals surface area contributed by atoms with Crippen LogP contribution in [0.2, 0.25) is 0 Å². The van der Waals surface area contributed by atoms with E-state index in [2.05, 4.69) is 62.4 Å². The molecule has 0 atom stereocenters. The molecule has 0 fully saturated rings. The molecule has 104 valence electrons. The van der Waals surface area contributed by atoms with Crippen LogP contribution >= 0.6 is 0 Å². The van der Waals surface area contributed by atoms with Gasteiger partial charge in [-0.2, -0.15) is 0 Å². The Morgan fingerprint density at radius 1 is 0.905 bits per heavy atom. The topological polar surface area (TPSA) is 0 Å². The first-order chi connectivity index (χ1) is 10.3. The van der Waals surface area contributed by atoms with E-state index in [0.29, 0.717) is 0 Å². The third-order valence-corrected chi connectivity index (χ3v) is 4.72. The van der Waals surface area contributed by atoms with E-state index in [9.17, 15) is 0 Å². The van der Waals surface area contributed by atoms with Crippen LogP contribution in [0.15, 0.2) is 48.5 Å². The van der Waals surface area contributed by atoms with Gasteiger partial charge in [-0.05, 0) is 63.9 Å². The van der Waals surface area contributed by atoms with Crippen molar-refractivity contribution in [1.82, 2.24) is 0 Å². The molecule has 0 aromatic heterocycles. The average Bonchev–Trinajstić information content (AvgIpc) is 2.51. The largest absolute Gasteiger partial charge is 0.0651 e. The maximum atomic E-state index is 2.42. The van der Waals surface area contributed by atoms with E-state index in [0.717, 1.165) is 6.42 Å². The van der Waals surface area contributed by atoms with Crippen LogP contribution in [0.1, 0.15) is 35.6 Å². The predicted molar refractivity (Wildman–Crippen MR) is 90.9 cm³/mol. The Hall–Kier alpha value is -2.08. The van der Waals surface area contributed by atoms with E-state index in [1.165, 1.54) is 57.0 Å². The zero-order chi connectivity index (χ0) is 14.4. The molecule has 0 heterocycles. The molecule has 0 spiro atoms. The highest BCUT2D eigenvalue weighted by Gasteiger charge is 2.18. The second kappa shape index (κ2) is 4.73. The number of fused-ring (bicyclic) bond motifs is 2. The van der Waals surface area contributed by atoms with Crippen molar-refractivity contribution < 1.29 is 0 Å². The number of benzene rings is 3.